The number of nitrogens with zero attached hydrogens (tertiary/aromatic N) is 4. The first-order chi connectivity index (χ1) is 18.5. The molecule has 4 heterocycles. The zero-order valence-corrected chi connectivity index (χ0v) is 20.8. The van der Waals surface area contributed by atoms with Crippen LogP contribution in [0.3, 0.4) is 0 Å². The first-order valence-corrected chi connectivity index (χ1v) is 12.3. The summed E-state index contributed by atoms with van der Waals surface area (Å²) in [5, 5.41) is 11.3. The van der Waals surface area contributed by atoms with Crippen molar-refractivity contribution in [3.8, 4) is 33.8 Å². The minimum Gasteiger partial charge on any atom is -0.325 e. The van der Waals surface area contributed by atoms with Crippen LogP contribution in [0.2, 0.25) is 0 Å². The third-order valence-electron chi connectivity index (χ3n) is 6.28. The Morgan fingerprint density at radius 2 is 1.89 bits per heavy atom. The number of H-pyrrole nitrogens is 2. The van der Waals surface area contributed by atoms with Crippen molar-refractivity contribution in [3.63, 3.8) is 0 Å². The lowest BCUT2D eigenvalue weighted by molar-refractivity contribution is -0.116. The van der Waals surface area contributed by atoms with Crippen LogP contribution in [-0.2, 0) is 4.79 Å². The zero-order valence-electron chi connectivity index (χ0n) is 20.8. The van der Waals surface area contributed by atoms with Gasteiger partial charge >= 0.3 is 0 Å². The van der Waals surface area contributed by atoms with Crippen molar-refractivity contribution in [2.75, 3.05) is 5.32 Å². The smallest absolute Gasteiger partial charge is 0.224 e. The number of hydrogen-bond donors (Lipinski definition) is 3. The van der Waals surface area contributed by atoms with E-state index in [0.29, 0.717) is 45.9 Å². The molecule has 9 heteroatoms. The highest BCUT2D eigenvalue weighted by molar-refractivity contribution is 5.98. The molecule has 2 aromatic carbocycles. The fourth-order valence-electron chi connectivity index (χ4n) is 4.54. The number of carbonyl (C=O) groups is 1. The molecule has 8 nitrogen and oxygen atoms in total. The number of nitrogens with one attached hydrogen (secondary N) is 3. The van der Waals surface area contributed by atoms with E-state index in [2.05, 4.69) is 30.5 Å². The van der Waals surface area contributed by atoms with Gasteiger partial charge in [-0.15, -0.1) is 0 Å². The van der Waals surface area contributed by atoms with Crippen molar-refractivity contribution < 1.29 is 9.18 Å². The van der Waals surface area contributed by atoms with E-state index in [1.54, 1.807) is 42.9 Å². The van der Waals surface area contributed by atoms with Crippen LogP contribution in [-0.4, -0.2) is 36.0 Å². The highest BCUT2D eigenvalue weighted by atomic mass is 19.1. The fraction of sp³-hybridized carbons (Fsp3) is 0.138. The highest BCUT2D eigenvalue weighted by Crippen LogP contribution is 2.33. The number of halogens is 1. The van der Waals surface area contributed by atoms with E-state index in [-0.39, 0.29) is 17.6 Å². The molecule has 0 spiro atoms. The van der Waals surface area contributed by atoms with Gasteiger partial charge in [0.2, 0.25) is 5.91 Å². The van der Waals surface area contributed by atoms with Crippen molar-refractivity contribution in [2.24, 2.45) is 5.92 Å². The van der Waals surface area contributed by atoms with Gasteiger partial charge in [0.05, 0.1) is 17.4 Å². The van der Waals surface area contributed by atoms with Crippen LogP contribution >= 0.6 is 0 Å². The van der Waals surface area contributed by atoms with Gasteiger partial charge in [0, 0.05) is 40.9 Å². The molecule has 0 atom stereocenters. The Hall–Kier alpha value is -4.92. The lowest BCUT2D eigenvalue weighted by atomic mass is 10.0. The number of anilines is 1. The number of rotatable bonds is 6. The van der Waals surface area contributed by atoms with Crippen LogP contribution in [0, 0.1) is 11.7 Å². The van der Waals surface area contributed by atoms with E-state index >= 15 is 0 Å². The third kappa shape index (κ3) is 4.39. The summed E-state index contributed by atoms with van der Waals surface area (Å²) in [5.74, 6) is 0.423. The second-order valence-electron chi connectivity index (χ2n) is 9.56. The molecule has 0 saturated carbocycles. The predicted octanol–water partition coefficient (Wildman–Crippen LogP) is 6.35. The van der Waals surface area contributed by atoms with Crippen molar-refractivity contribution in [3.05, 3.63) is 79.0 Å². The minimum atomic E-state index is -0.323. The van der Waals surface area contributed by atoms with Crippen LogP contribution in [0.15, 0.2) is 73.2 Å². The number of hydrogen-bond acceptors (Lipinski definition) is 5. The lowest BCUT2D eigenvalue weighted by Gasteiger charge is -2.09. The quantitative estimate of drug-likeness (QED) is 0.244. The van der Waals surface area contributed by atoms with Gasteiger partial charge in [-0.2, -0.15) is 5.10 Å². The van der Waals surface area contributed by atoms with E-state index in [1.165, 1.54) is 6.07 Å². The molecule has 188 valence electrons. The van der Waals surface area contributed by atoms with E-state index in [4.69, 9.17) is 4.98 Å². The molecule has 3 N–H and O–H groups in total. The van der Waals surface area contributed by atoms with E-state index < -0.39 is 0 Å². The number of benzene rings is 2. The Balaban J connectivity index is 1.39. The van der Waals surface area contributed by atoms with Gasteiger partial charge in [-0.05, 0) is 41.8 Å². The molecule has 0 fully saturated rings. The van der Waals surface area contributed by atoms with Crippen molar-refractivity contribution >= 4 is 33.7 Å². The molecule has 0 aliphatic heterocycles. The Kier molecular flexibility index (Phi) is 5.88. The first-order valence-electron chi connectivity index (χ1n) is 12.3. The summed E-state index contributed by atoms with van der Waals surface area (Å²) in [4.78, 5) is 29.0. The summed E-state index contributed by atoms with van der Waals surface area (Å²) in [7, 11) is 0. The first kappa shape index (κ1) is 23.5. The molecule has 6 aromatic rings. The molecular weight excluding hydrogens is 481 g/mol. The summed E-state index contributed by atoms with van der Waals surface area (Å²) in [6.07, 6.45) is 5.47. The molecule has 0 aliphatic carbocycles. The number of aromatic nitrogens is 6. The molecule has 4 aromatic heterocycles. The van der Waals surface area contributed by atoms with Gasteiger partial charge in [0.15, 0.2) is 11.5 Å². The summed E-state index contributed by atoms with van der Waals surface area (Å²) >= 11 is 0. The van der Waals surface area contributed by atoms with Crippen LogP contribution in [0.4, 0.5) is 10.1 Å². The maximum Gasteiger partial charge on any atom is 0.224 e. The molecule has 0 aliphatic rings. The van der Waals surface area contributed by atoms with Crippen molar-refractivity contribution in [1.29, 1.82) is 0 Å². The van der Waals surface area contributed by atoms with Crippen molar-refractivity contribution in [1.82, 2.24) is 30.1 Å². The Morgan fingerprint density at radius 3 is 2.74 bits per heavy atom. The largest absolute Gasteiger partial charge is 0.325 e. The number of fused-ring (bicyclic) bond motifs is 2. The average Bonchev–Trinajstić information content (AvgIpc) is 3.52. The summed E-state index contributed by atoms with van der Waals surface area (Å²) in [6.45, 7) is 4.01. The van der Waals surface area contributed by atoms with Gasteiger partial charge in [0.25, 0.3) is 0 Å². The van der Waals surface area contributed by atoms with Crippen LogP contribution in [0.5, 0.6) is 0 Å². The number of amides is 1. The van der Waals surface area contributed by atoms with Gasteiger partial charge in [-0.1, -0.05) is 38.1 Å². The molecule has 1 amide bonds. The van der Waals surface area contributed by atoms with Crippen LogP contribution < -0.4 is 5.32 Å². The predicted molar refractivity (Wildman–Crippen MR) is 146 cm³/mol. The van der Waals surface area contributed by atoms with Gasteiger partial charge in [-0.25, -0.2) is 14.4 Å². The number of pyridine rings is 2. The minimum absolute atomic E-state index is 0.0419. The second kappa shape index (κ2) is 9.51. The number of aromatic amines is 2. The molecule has 0 saturated heterocycles. The van der Waals surface area contributed by atoms with Gasteiger partial charge in [0.1, 0.15) is 17.0 Å². The van der Waals surface area contributed by atoms with E-state index in [9.17, 15) is 9.18 Å². The number of imidazole rings is 1. The van der Waals surface area contributed by atoms with Gasteiger partial charge < -0.3 is 10.3 Å². The lowest BCUT2D eigenvalue weighted by Crippen LogP contribution is -2.13. The van der Waals surface area contributed by atoms with Crippen LogP contribution in [0.25, 0.3) is 55.8 Å². The molecular formula is C29H24FN7O. The molecule has 0 radical (unpaired) electrons. The fourth-order valence-corrected chi connectivity index (χ4v) is 4.54. The standard InChI is InChI=1S/C29H24FN7O/c1-16(2)11-25(38)33-19-12-18(14-31-15-19)17-7-8-24-22(13-17)27(37-36-24)29-34-26-21(9-10-32-28(26)35-29)20-5-3-4-6-23(20)30/h3-10,12-16H,11H2,1-2H3,(H,33,38)(H,36,37)(H,32,34,35). The third-order valence-corrected chi connectivity index (χ3v) is 6.28. The topological polar surface area (TPSA) is 112 Å². The van der Waals surface area contributed by atoms with E-state index in [1.807, 2.05) is 38.1 Å². The Bertz CT molecular complexity index is 1800. The Morgan fingerprint density at radius 1 is 1.03 bits per heavy atom. The zero-order chi connectivity index (χ0) is 26.2. The monoisotopic (exact) mass is 505 g/mol. The maximum absolute atomic E-state index is 14.5. The van der Waals surface area contributed by atoms with Crippen LogP contribution in [0.1, 0.15) is 20.3 Å². The maximum atomic E-state index is 14.5. The Labute approximate surface area is 217 Å². The normalized spacial score (nSPS) is 11.5. The van der Waals surface area contributed by atoms with Gasteiger partial charge in [-0.3, -0.25) is 14.9 Å². The molecule has 0 unspecified atom stereocenters. The highest BCUT2D eigenvalue weighted by Gasteiger charge is 2.18. The number of carbonyl (C=O) groups excluding carboxylic acids is 1. The molecule has 0 bridgehead atoms. The summed E-state index contributed by atoms with van der Waals surface area (Å²) < 4.78 is 14.5. The molecule has 6 rings (SSSR count). The average molecular weight is 506 g/mol. The summed E-state index contributed by atoms with van der Waals surface area (Å²) in [6, 6.07) is 16.2. The molecule has 38 heavy (non-hydrogen) atoms. The summed E-state index contributed by atoms with van der Waals surface area (Å²) in [5.41, 5.74) is 6.08. The second-order valence-corrected chi connectivity index (χ2v) is 9.56. The SMILES string of the molecule is CC(C)CC(=O)Nc1cncc(-c2ccc3[nH]nc(-c4nc5c(-c6ccccc6F)ccnc5[nH]4)c3c2)c1. The van der Waals surface area contributed by atoms with E-state index in [0.717, 1.165) is 22.0 Å². The van der Waals surface area contributed by atoms with Crippen molar-refractivity contribution in [2.45, 2.75) is 20.3 Å².